The van der Waals surface area contributed by atoms with Crippen molar-refractivity contribution in [3.63, 3.8) is 0 Å². The predicted molar refractivity (Wildman–Crippen MR) is 77.1 cm³/mol. The zero-order valence-electron chi connectivity index (χ0n) is 9.70. The number of nitrogens with one attached hydrogen (secondary N) is 1. The topological polar surface area (TPSA) is 38.0 Å². The molecule has 0 aliphatic heterocycles. The van der Waals surface area contributed by atoms with Crippen LogP contribution in [0.3, 0.4) is 0 Å². The van der Waals surface area contributed by atoms with Crippen LogP contribution >= 0.6 is 15.9 Å². The van der Waals surface area contributed by atoms with E-state index >= 15 is 0 Å². The van der Waals surface area contributed by atoms with Crippen molar-refractivity contribution in [2.24, 2.45) is 0 Å². The Kier molecular flexibility index (Phi) is 3.69. The molecule has 0 radical (unpaired) electrons. The maximum absolute atomic E-state index is 6.01. The molecule has 0 aliphatic rings. The van der Waals surface area contributed by atoms with Gasteiger partial charge in [0, 0.05) is 11.0 Å². The van der Waals surface area contributed by atoms with E-state index < -0.39 is 0 Å². The number of hydrogen-bond acceptors (Lipinski definition) is 2. The molecule has 2 nitrogen and oxygen atoms in total. The molecule has 0 unspecified atom stereocenters. The minimum absolute atomic E-state index is 0.759. The average molecular weight is 291 g/mol. The lowest BCUT2D eigenvalue weighted by Gasteiger charge is -2.11. The molecule has 2 rings (SSSR count). The fraction of sp³-hybridized carbons (Fsp3) is 0.143. The first-order valence-corrected chi connectivity index (χ1v) is 6.30. The first-order chi connectivity index (χ1) is 8.18. The Balaban J connectivity index is 2.13. The summed E-state index contributed by atoms with van der Waals surface area (Å²) >= 11 is 3.53. The zero-order chi connectivity index (χ0) is 12.3. The van der Waals surface area contributed by atoms with E-state index in [-0.39, 0.29) is 0 Å². The number of halogens is 1. The standard InChI is InChI=1S/C14H15BrN2/c1-10-5-4-8-13(14(10)16)17-9-11-6-2-3-7-12(11)15/h2-8,17H,9,16H2,1H3. The summed E-state index contributed by atoms with van der Waals surface area (Å²) in [5.74, 6) is 0. The molecule has 0 fully saturated rings. The molecule has 2 aromatic carbocycles. The lowest BCUT2D eigenvalue weighted by Crippen LogP contribution is -2.03. The zero-order valence-corrected chi connectivity index (χ0v) is 11.3. The molecule has 17 heavy (non-hydrogen) atoms. The number of benzene rings is 2. The molecule has 0 saturated carbocycles. The van der Waals surface area contributed by atoms with Crippen molar-refractivity contribution in [1.29, 1.82) is 0 Å². The second kappa shape index (κ2) is 5.23. The van der Waals surface area contributed by atoms with Crippen molar-refractivity contribution in [2.75, 3.05) is 11.1 Å². The Morgan fingerprint density at radius 3 is 2.65 bits per heavy atom. The highest BCUT2D eigenvalue weighted by Crippen LogP contribution is 2.23. The van der Waals surface area contributed by atoms with Crippen LogP contribution in [0.5, 0.6) is 0 Å². The highest BCUT2D eigenvalue weighted by atomic mass is 79.9. The van der Waals surface area contributed by atoms with Gasteiger partial charge < -0.3 is 11.1 Å². The average Bonchev–Trinajstić information content (AvgIpc) is 2.33. The molecule has 0 heterocycles. The monoisotopic (exact) mass is 290 g/mol. The minimum Gasteiger partial charge on any atom is -0.397 e. The van der Waals surface area contributed by atoms with Crippen LogP contribution in [0.1, 0.15) is 11.1 Å². The van der Waals surface area contributed by atoms with Crippen molar-refractivity contribution in [2.45, 2.75) is 13.5 Å². The summed E-state index contributed by atoms with van der Waals surface area (Å²) in [6, 6.07) is 14.2. The Bertz CT molecular complexity index is 523. The molecule has 0 aromatic heterocycles. The summed E-state index contributed by atoms with van der Waals surface area (Å²) in [5, 5.41) is 3.36. The van der Waals surface area contributed by atoms with Gasteiger partial charge in [0.2, 0.25) is 0 Å². The van der Waals surface area contributed by atoms with Crippen molar-refractivity contribution in [1.82, 2.24) is 0 Å². The Hall–Kier alpha value is -1.48. The van der Waals surface area contributed by atoms with Gasteiger partial charge in [-0.1, -0.05) is 46.3 Å². The molecule has 0 amide bonds. The normalized spacial score (nSPS) is 10.2. The van der Waals surface area contributed by atoms with Crippen LogP contribution in [-0.2, 0) is 6.54 Å². The number of hydrogen-bond donors (Lipinski definition) is 2. The molecular weight excluding hydrogens is 276 g/mol. The molecule has 0 atom stereocenters. The van der Waals surface area contributed by atoms with Gasteiger partial charge in [0.15, 0.2) is 0 Å². The third kappa shape index (κ3) is 2.80. The molecule has 0 saturated heterocycles. The van der Waals surface area contributed by atoms with Crippen LogP contribution in [-0.4, -0.2) is 0 Å². The van der Waals surface area contributed by atoms with E-state index in [9.17, 15) is 0 Å². The number of nitrogen functional groups attached to an aromatic ring is 1. The first-order valence-electron chi connectivity index (χ1n) is 5.51. The van der Waals surface area contributed by atoms with E-state index in [2.05, 4.69) is 27.3 Å². The molecule has 3 heteroatoms. The van der Waals surface area contributed by atoms with E-state index in [1.807, 2.05) is 43.3 Å². The summed E-state index contributed by atoms with van der Waals surface area (Å²) in [5.41, 5.74) is 10.1. The van der Waals surface area contributed by atoms with Crippen molar-refractivity contribution in [3.05, 3.63) is 58.1 Å². The number of para-hydroxylation sites is 1. The van der Waals surface area contributed by atoms with E-state index in [0.29, 0.717) is 0 Å². The fourth-order valence-corrected chi connectivity index (χ4v) is 2.09. The molecule has 2 aromatic rings. The van der Waals surface area contributed by atoms with Crippen LogP contribution in [0.25, 0.3) is 0 Å². The minimum atomic E-state index is 0.759. The Labute approximate surface area is 110 Å². The van der Waals surface area contributed by atoms with Crippen LogP contribution in [0.15, 0.2) is 46.9 Å². The van der Waals surface area contributed by atoms with Crippen molar-refractivity contribution >= 4 is 27.3 Å². The van der Waals surface area contributed by atoms with Gasteiger partial charge in [-0.15, -0.1) is 0 Å². The van der Waals surface area contributed by atoms with Crippen LogP contribution in [0.2, 0.25) is 0 Å². The van der Waals surface area contributed by atoms with E-state index in [4.69, 9.17) is 5.73 Å². The largest absolute Gasteiger partial charge is 0.397 e. The van der Waals surface area contributed by atoms with Crippen LogP contribution in [0, 0.1) is 6.92 Å². The smallest absolute Gasteiger partial charge is 0.0579 e. The molecule has 0 aliphatic carbocycles. The van der Waals surface area contributed by atoms with Gasteiger partial charge in [-0.25, -0.2) is 0 Å². The number of nitrogens with two attached hydrogens (primary N) is 1. The third-order valence-corrected chi connectivity index (χ3v) is 3.52. The van der Waals surface area contributed by atoms with E-state index in [1.165, 1.54) is 5.56 Å². The van der Waals surface area contributed by atoms with Gasteiger partial charge in [0.05, 0.1) is 11.4 Å². The summed E-state index contributed by atoms with van der Waals surface area (Å²) < 4.78 is 1.11. The van der Waals surface area contributed by atoms with Gasteiger partial charge in [-0.05, 0) is 30.2 Å². The van der Waals surface area contributed by atoms with Crippen LogP contribution < -0.4 is 11.1 Å². The third-order valence-electron chi connectivity index (χ3n) is 2.75. The maximum atomic E-state index is 6.01. The number of rotatable bonds is 3. The van der Waals surface area contributed by atoms with E-state index in [0.717, 1.165) is 28.0 Å². The highest BCUT2D eigenvalue weighted by Gasteiger charge is 2.02. The second-order valence-corrected chi connectivity index (χ2v) is 4.84. The molecule has 0 spiro atoms. The van der Waals surface area contributed by atoms with Crippen molar-refractivity contribution in [3.8, 4) is 0 Å². The molecule has 88 valence electrons. The summed E-state index contributed by atoms with van der Waals surface area (Å²) in [6.45, 7) is 2.77. The number of anilines is 2. The van der Waals surface area contributed by atoms with Gasteiger partial charge in [-0.2, -0.15) is 0 Å². The second-order valence-electron chi connectivity index (χ2n) is 3.98. The van der Waals surface area contributed by atoms with Gasteiger partial charge in [0.25, 0.3) is 0 Å². The van der Waals surface area contributed by atoms with Gasteiger partial charge in [0.1, 0.15) is 0 Å². The maximum Gasteiger partial charge on any atom is 0.0579 e. The van der Waals surface area contributed by atoms with Gasteiger partial charge >= 0.3 is 0 Å². The van der Waals surface area contributed by atoms with E-state index in [1.54, 1.807) is 0 Å². The van der Waals surface area contributed by atoms with Gasteiger partial charge in [-0.3, -0.25) is 0 Å². The lowest BCUT2D eigenvalue weighted by molar-refractivity contribution is 1.14. The fourth-order valence-electron chi connectivity index (χ4n) is 1.67. The Morgan fingerprint density at radius 1 is 1.12 bits per heavy atom. The number of aryl methyl sites for hydroxylation is 1. The SMILES string of the molecule is Cc1cccc(NCc2ccccc2Br)c1N. The summed E-state index contributed by atoms with van der Waals surface area (Å²) in [6.07, 6.45) is 0. The summed E-state index contributed by atoms with van der Waals surface area (Å²) in [4.78, 5) is 0. The molecule has 3 N–H and O–H groups in total. The van der Waals surface area contributed by atoms with Crippen molar-refractivity contribution < 1.29 is 0 Å². The molecular formula is C14H15BrN2. The predicted octanol–water partition coefficient (Wildman–Crippen LogP) is 3.95. The summed E-state index contributed by atoms with van der Waals surface area (Å²) in [7, 11) is 0. The lowest BCUT2D eigenvalue weighted by atomic mass is 10.1. The highest BCUT2D eigenvalue weighted by molar-refractivity contribution is 9.10. The first kappa shape index (κ1) is 12.0. The Morgan fingerprint density at radius 2 is 1.88 bits per heavy atom. The van der Waals surface area contributed by atoms with Crippen LogP contribution in [0.4, 0.5) is 11.4 Å². The molecule has 0 bridgehead atoms. The quantitative estimate of drug-likeness (QED) is 0.840.